The molecule has 0 radical (unpaired) electrons. The second kappa shape index (κ2) is 5.41. The van der Waals surface area contributed by atoms with Gasteiger partial charge in [-0.1, -0.05) is 0 Å². The van der Waals surface area contributed by atoms with Crippen LogP contribution in [-0.2, 0) is 6.54 Å². The maximum atomic E-state index is 4.40. The zero-order chi connectivity index (χ0) is 13.2. The third-order valence-corrected chi connectivity index (χ3v) is 4.15. The van der Waals surface area contributed by atoms with Gasteiger partial charge in [-0.25, -0.2) is 0 Å². The molecule has 0 unspecified atom stereocenters. The highest BCUT2D eigenvalue weighted by atomic mass is 15.3. The SMILES string of the molecule is CNC1(C)CCN(Cc2cnn(C(C)C)c2)CC1. The first-order valence-electron chi connectivity index (χ1n) is 6.97. The van der Waals surface area contributed by atoms with E-state index in [0.717, 1.165) is 6.54 Å². The second-order valence-electron chi connectivity index (χ2n) is 6.01. The zero-order valence-corrected chi connectivity index (χ0v) is 12.1. The van der Waals surface area contributed by atoms with Gasteiger partial charge in [-0.3, -0.25) is 9.58 Å². The molecule has 1 aliphatic rings. The van der Waals surface area contributed by atoms with E-state index in [-0.39, 0.29) is 0 Å². The molecule has 1 N–H and O–H groups in total. The molecule has 4 heteroatoms. The molecule has 2 rings (SSSR count). The molecule has 1 fully saturated rings. The van der Waals surface area contributed by atoms with Gasteiger partial charge in [0.15, 0.2) is 0 Å². The third kappa shape index (κ3) is 3.12. The Kier molecular flexibility index (Phi) is 4.07. The lowest BCUT2D eigenvalue weighted by molar-refractivity contribution is 0.146. The van der Waals surface area contributed by atoms with Gasteiger partial charge in [0.1, 0.15) is 0 Å². The fourth-order valence-corrected chi connectivity index (χ4v) is 2.45. The van der Waals surface area contributed by atoms with Crippen LogP contribution in [0.1, 0.15) is 45.2 Å². The van der Waals surface area contributed by atoms with Crippen LogP contribution in [0.4, 0.5) is 0 Å². The molecule has 0 bridgehead atoms. The number of rotatable bonds is 4. The van der Waals surface area contributed by atoms with Gasteiger partial charge in [-0.2, -0.15) is 5.10 Å². The zero-order valence-electron chi connectivity index (χ0n) is 12.1. The van der Waals surface area contributed by atoms with E-state index < -0.39 is 0 Å². The fraction of sp³-hybridized carbons (Fsp3) is 0.786. The van der Waals surface area contributed by atoms with Gasteiger partial charge < -0.3 is 5.32 Å². The van der Waals surface area contributed by atoms with Gasteiger partial charge in [0.2, 0.25) is 0 Å². The first-order valence-corrected chi connectivity index (χ1v) is 6.97. The Morgan fingerprint density at radius 3 is 2.56 bits per heavy atom. The number of hydrogen-bond donors (Lipinski definition) is 1. The molecule has 1 saturated heterocycles. The largest absolute Gasteiger partial charge is 0.314 e. The molecule has 102 valence electrons. The lowest BCUT2D eigenvalue weighted by atomic mass is 9.90. The molecule has 0 saturated carbocycles. The summed E-state index contributed by atoms with van der Waals surface area (Å²) in [6.07, 6.45) is 6.63. The van der Waals surface area contributed by atoms with Crippen LogP contribution in [0.2, 0.25) is 0 Å². The van der Waals surface area contributed by atoms with Crippen LogP contribution in [0, 0.1) is 0 Å². The van der Waals surface area contributed by atoms with Crippen LogP contribution in [0.3, 0.4) is 0 Å². The van der Waals surface area contributed by atoms with E-state index in [1.54, 1.807) is 0 Å². The van der Waals surface area contributed by atoms with Crippen molar-refractivity contribution in [3.05, 3.63) is 18.0 Å². The summed E-state index contributed by atoms with van der Waals surface area (Å²) in [5.74, 6) is 0. The predicted octanol–water partition coefficient (Wildman–Crippen LogP) is 2.04. The van der Waals surface area contributed by atoms with Gasteiger partial charge in [-0.15, -0.1) is 0 Å². The van der Waals surface area contributed by atoms with Gasteiger partial charge >= 0.3 is 0 Å². The number of piperidine rings is 1. The molecule has 4 nitrogen and oxygen atoms in total. The van der Waals surface area contributed by atoms with Crippen LogP contribution in [0.5, 0.6) is 0 Å². The summed E-state index contributed by atoms with van der Waals surface area (Å²) in [6.45, 7) is 10.0. The van der Waals surface area contributed by atoms with Crippen molar-refractivity contribution in [3.8, 4) is 0 Å². The average molecular weight is 250 g/mol. The summed E-state index contributed by atoms with van der Waals surface area (Å²) in [6, 6.07) is 0.452. The van der Waals surface area contributed by atoms with Crippen molar-refractivity contribution >= 4 is 0 Å². The Morgan fingerprint density at radius 2 is 2.06 bits per heavy atom. The van der Waals surface area contributed by atoms with Crippen molar-refractivity contribution in [2.45, 2.75) is 51.7 Å². The summed E-state index contributed by atoms with van der Waals surface area (Å²) in [5.41, 5.74) is 1.66. The fourth-order valence-electron chi connectivity index (χ4n) is 2.45. The summed E-state index contributed by atoms with van der Waals surface area (Å²) < 4.78 is 2.04. The number of nitrogens with one attached hydrogen (secondary N) is 1. The Balaban J connectivity index is 1.87. The lowest BCUT2D eigenvalue weighted by Crippen LogP contribution is -2.49. The highest BCUT2D eigenvalue weighted by molar-refractivity contribution is 5.05. The second-order valence-corrected chi connectivity index (χ2v) is 6.01. The highest BCUT2D eigenvalue weighted by Gasteiger charge is 2.28. The Hall–Kier alpha value is -0.870. The normalized spacial score (nSPS) is 20.5. The molecular formula is C14H26N4. The van der Waals surface area contributed by atoms with Crippen molar-refractivity contribution in [2.75, 3.05) is 20.1 Å². The highest BCUT2D eigenvalue weighted by Crippen LogP contribution is 2.22. The molecule has 2 heterocycles. The number of nitrogens with zero attached hydrogens (tertiary/aromatic N) is 3. The van der Waals surface area contributed by atoms with E-state index in [0.29, 0.717) is 11.6 Å². The summed E-state index contributed by atoms with van der Waals surface area (Å²) in [5, 5.41) is 7.84. The van der Waals surface area contributed by atoms with Crippen LogP contribution in [0.15, 0.2) is 12.4 Å². The molecular weight excluding hydrogens is 224 g/mol. The molecule has 0 aromatic carbocycles. The minimum atomic E-state index is 0.332. The van der Waals surface area contributed by atoms with Crippen LogP contribution in [0.25, 0.3) is 0 Å². The Labute approximate surface area is 110 Å². The average Bonchev–Trinajstić information content (AvgIpc) is 2.81. The number of aromatic nitrogens is 2. The van der Waals surface area contributed by atoms with E-state index in [1.807, 2.05) is 10.9 Å². The minimum Gasteiger partial charge on any atom is -0.314 e. The minimum absolute atomic E-state index is 0.332. The molecule has 1 aromatic rings. The molecule has 0 atom stereocenters. The standard InChI is InChI=1S/C14H26N4/c1-12(2)18-11-13(9-16-18)10-17-7-5-14(3,15-4)6-8-17/h9,11-12,15H,5-8,10H2,1-4H3. The van der Waals surface area contributed by atoms with E-state index in [2.05, 4.69) is 49.3 Å². The van der Waals surface area contributed by atoms with Crippen molar-refractivity contribution in [2.24, 2.45) is 0 Å². The lowest BCUT2D eigenvalue weighted by Gasteiger charge is -2.39. The van der Waals surface area contributed by atoms with Crippen LogP contribution in [-0.4, -0.2) is 40.4 Å². The maximum Gasteiger partial charge on any atom is 0.0534 e. The summed E-state index contributed by atoms with van der Waals surface area (Å²) >= 11 is 0. The van der Waals surface area contributed by atoms with E-state index >= 15 is 0 Å². The first kappa shape index (κ1) is 13.6. The Morgan fingerprint density at radius 1 is 1.39 bits per heavy atom. The van der Waals surface area contributed by atoms with E-state index in [9.17, 15) is 0 Å². The number of hydrogen-bond acceptors (Lipinski definition) is 3. The van der Waals surface area contributed by atoms with Crippen molar-refractivity contribution in [1.29, 1.82) is 0 Å². The molecule has 1 aliphatic heterocycles. The third-order valence-electron chi connectivity index (χ3n) is 4.15. The molecule has 0 spiro atoms. The topological polar surface area (TPSA) is 33.1 Å². The van der Waals surface area contributed by atoms with Crippen molar-refractivity contribution < 1.29 is 0 Å². The van der Waals surface area contributed by atoms with E-state index in [4.69, 9.17) is 0 Å². The van der Waals surface area contributed by atoms with Crippen molar-refractivity contribution in [1.82, 2.24) is 20.0 Å². The monoisotopic (exact) mass is 250 g/mol. The first-order chi connectivity index (χ1) is 8.52. The quantitative estimate of drug-likeness (QED) is 0.887. The number of likely N-dealkylation sites (tertiary alicyclic amines) is 1. The predicted molar refractivity (Wildman–Crippen MR) is 74.6 cm³/mol. The summed E-state index contributed by atoms with van der Waals surface area (Å²) in [4.78, 5) is 2.53. The van der Waals surface area contributed by atoms with Gasteiger partial charge in [0, 0.05) is 43.0 Å². The van der Waals surface area contributed by atoms with Crippen LogP contribution < -0.4 is 5.32 Å². The van der Waals surface area contributed by atoms with Crippen LogP contribution >= 0.6 is 0 Å². The maximum absolute atomic E-state index is 4.40. The smallest absolute Gasteiger partial charge is 0.0534 e. The molecule has 1 aromatic heterocycles. The Bertz CT molecular complexity index is 375. The molecule has 18 heavy (non-hydrogen) atoms. The van der Waals surface area contributed by atoms with Crippen molar-refractivity contribution in [3.63, 3.8) is 0 Å². The van der Waals surface area contributed by atoms with Gasteiger partial charge in [-0.05, 0) is 40.7 Å². The van der Waals surface area contributed by atoms with Gasteiger partial charge in [0.25, 0.3) is 0 Å². The molecule has 0 aliphatic carbocycles. The van der Waals surface area contributed by atoms with Gasteiger partial charge in [0.05, 0.1) is 6.20 Å². The molecule has 0 amide bonds. The van der Waals surface area contributed by atoms with E-state index in [1.165, 1.54) is 31.5 Å². The summed E-state index contributed by atoms with van der Waals surface area (Å²) in [7, 11) is 2.07.